The molecule has 0 saturated heterocycles. The molecule has 0 fully saturated rings. The van der Waals surface area contributed by atoms with Gasteiger partial charge in [-0.1, -0.05) is 42.1 Å². The molecule has 0 aliphatic carbocycles. The van der Waals surface area contributed by atoms with Crippen LogP contribution < -0.4 is 5.32 Å². The highest BCUT2D eigenvalue weighted by Crippen LogP contribution is 2.19. The van der Waals surface area contributed by atoms with Crippen molar-refractivity contribution in [3.63, 3.8) is 0 Å². The Kier molecular flexibility index (Phi) is 6.96. The first-order valence-corrected chi connectivity index (χ1v) is 10.2. The Morgan fingerprint density at radius 3 is 2.23 bits per heavy atom. The monoisotopic (exact) mass is 393 g/mol. The van der Waals surface area contributed by atoms with Crippen LogP contribution in [0.5, 0.6) is 0 Å². The third-order valence-corrected chi connectivity index (χ3v) is 5.45. The average Bonchev–Trinajstić information content (AvgIpc) is 2.59. The summed E-state index contributed by atoms with van der Waals surface area (Å²) >= 11 is 1.09. The van der Waals surface area contributed by atoms with Crippen molar-refractivity contribution < 1.29 is 22.6 Å². The van der Waals surface area contributed by atoms with Gasteiger partial charge in [-0.15, -0.1) is 0 Å². The molecule has 0 aromatic heterocycles. The minimum atomic E-state index is -4.28. The first-order chi connectivity index (χ1) is 12.3. The normalized spacial score (nSPS) is 12.4. The Morgan fingerprint density at radius 2 is 1.69 bits per heavy atom. The second-order valence-electron chi connectivity index (χ2n) is 5.68. The molecule has 0 spiro atoms. The van der Waals surface area contributed by atoms with Gasteiger partial charge in [0.25, 0.3) is 10.1 Å². The maximum absolute atomic E-state index is 12.6. The number of rotatable bonds is 7. The summed E-state index contributed by atoms with van der Waals surface area (Å²) in [4.78, 5) is 23.6. The summed E-state index contributed by atoms with van der Waals surface area (Å²) in [5, 5.41) is 2.66. The lowest BCUT2D eigenvalue weighted by Gasteiger charge is -2.16. The highest BCUT2D eigenvalue weighted by Gasteiger charge is 2.20. The first-order valence-electron chi connectivity index (χ1n) is 7.81. The first kappa shape index (κ1) is 20.2. The highest BCUT2D eigenvalue weighted by atomic mass is 32.2. The fourth-order valence-electron chi connectivity index (χ4n) is 2.30. The number of nitrogens with one attached hydrogen (secondary N) is 1. The third-order valence-electron chi connectivity index (χ3n) is 3.60. The van der Waals surface area contributed by atoms with Crippen molar-refractivity contribution in [1.29, 1.82) is 0 Å². The summed E-state index contributed by atoms with van der Waals surface area (Å²) < 4.78 is 31.1. The Morgan fingerprint density at radius 1 is 1.08 bits per heavy atom. The number of carbonyl (C=O) groups excluding carboxylic acids is 2. The van der Waals surface area contributed by atoms with Crippen molar-refractivity contribution in [3.8, 4) is 0 Å². The van der Waals surface area contributed by atoms with E-state index in [9.17, 15) is 18.0 Å². The van der Waals surface area contributed by atoms with E-state index in [1.807, 2.05) is 30.3 Å². The van der Waals surface area contributed by atoms with E-state index in [1.165, 1.54) is 31.2 Å². The van der Waals surface area contributed by atoms with Crippen LogP contribution in [0.3, 0.4) is 0 Å². The number of thioether (sulfide) groups is 1. The largest absolute Gasteiger partial charge is 0.326 e. The van der Waals surface area contributed by atoms with E-state index in [4.69, 9.17) is 4.55 Å². The van der Waals surface area contributed by atoms with Crippen LogP contribution in [0.1, 0.15) is 12.5 Å². The van der Waals surface area contributed by atoms with Crippen LogP contribution in [0, 0.1) is 5.92 Å². The molecule has 0 bridgehead atoms. The molecule has 0 radical (unpaired) electrons. The van der Waals surface area contributed by atoms with Gasteiger partial charge in [0.2, 0.25) is 5.91 Å². The van der Waals surface area contributed by atoms with E-state index >= 15 is 0 Å². The van der Waals surface area contributed by atoms with E-state index in [1.54, 1.807) is 0 Å². The molecule has 2 N–H and O–H groups in total. The van der Waals surface area contributed by atoms with Gasteiger partial charge < -0.3 is 5.32 Å². The molecule has 0 aliphatic heterocycles. The van der Waals surface area contributed by atoms with Crippen molar-refractivity contribution in [2.45, 2.75) is 18.2 Å². The number of amides is 1. The maximum Gasteiger partial charge on any atom is 0.294 e. The minimum Gasteiger partial charge on any atom is -0.326 e. The van der Waals surface area contributed by atoms with Crippen molar-refractivity contribution in [3.05, 3.63) is 60.2 Å². The van der Waals surface area contributed by atoms with Gasteiger partial charge in [0.1, 0.15) is 0 Å². The van der Waals surface area contributed by atoms with Gasteiger partial charge in [-0.2, -0.15) is 8.42 Å². The molecule has 1 unspecified atom stereocenters. The number of benzene rings is 2. The Labute approximate surface area is 156 Å². The van der Waals surface area contributed by atoms with E-state index in [0.717, 1.165) is 17.3 Å². The fraction of sp³-hybridized carbons (Fsp3) is 0.222. The summed E-state index contributed by atoms with van der Waals surface area (Å²) in [6.07, 6.45) is 0.482. The second kappa shape index (κ2) is 8.98. The van der Waals surface area contributed by atoms with Gasteiger partial charge in [-0.3, -0.25) is 14.1 Å². The van der Waals surface area contributed by atoms with Gasteiger partial charge in [0, 0.05) is 18.4 Å². The molecule has 26 heavy (non-hydrogen) atoms. The average molecular weight is 393 g/mol. The van der Waals surface area contributed by atoms with E-state index in [0.29, 0.717) is 17.9 Å². The summed E-state index contributed by atoms with van der Waals surface area (Å²) in [7, 11) is -4.28. The predicted molar refractivity (Wildman–Crippen MR) is 102 cm³/mol. The molecule has 1 atom stereocenters. The van der Waals surface area contributed by atoms with Gasteiger partial charge in [0.15, 0.2) is 5.12 Å². The Balaban J connectivity index is 2.10. The van der Waals surface area contributed by atoms with Crippen LogP contribution in [-0.4, -0.2) is 29.7 Å². The van der Waals surface area contributed by atoms with E-state index in [2.05, 4.69) is 5.32 Å². The van der Waals surface area contributed by atoms with Gasteiger partial charge in [-0.25, -0.2) is 0 Å². The lowest BCUT2D eigenvalue weighted by Crippen LogP contribution is -2.27. The van der Waals surface area contributed by atoms with Crippen molar-refractivity contribution in [2.75, 3.05) is 11.1 Å². The van der Waals surface area contributed by atoms with Crippen LogP contribution in [0.15, 0.2) is 59.5 Å². The molecular formula is C18H19NO5S2. The summed E-state index contributed by atoms with van der Waals surface area (Å²) in [6, 6.07) is 14.7. The van der Waals surface area contributed by atoms with Gasteiger partial charge in [-0.05, 0) is 36.2 Å². The molecule has 2 aromatic rings. The quantitative estimate of drug-likeness (QED) is 0.702. The molecule has 0 saturated carbocycles. The van der Waals surface area contributed by atoms with Gasteiger partial charge in [0.05, 0.1) is 10.8 Å². The SMILES string of the molecule is CC(=O)SCC(Cc1ccccc1)C(=O)Nc1ccc(S(=O)(=O)O)cc1. The van der Waals surface area contributed by atoms with Crippen LogP contribution in [0.25, 0.3) is 0 Å². The number of carbonyl (C=O) groups is 2. The Hall–Kier alpha value is -2.16. The topological polar surface area (TPSA) is 101 Å². The van der Waals surface area contributed by atoms with Crippen LogP contribution in [0.4, 0.5) is 5.69 Å². The van der Waals surface area contributed by atoms with Crippen LogP contribution >= 0.6 is 11.8 Å². The number of hydrogen-bond acceptors (Lipinski definition) is 5. The number of anilines is 1. The lowest BCUT2D eigenvalue weighted by molar-refractivity contribution is -0.119. The minimum absolute atomic E-state index is 0.0617. The molecule has 6 nitrogen and oxygen atoms in total. The summed E-state index contributed by atoms with van der Waals surface area (Å²) in [5.74, 6) is -0.339. The molecule has 0 heterocycles. The van der Waals surface area contributed by atoms with Gasteiger partial charge >= 0.3 is 0 Å². The van der Waals surface area contributed by atoms with Crippen LogP contribution in [-0.2, 0) is 26.1 Å². The second-order valence-corrected chi connectivity index (χ2v) is 8.30. The fourth-order valence-corrected chi connectivity index (χ4v) is 3.48. The Bertz CT molecular complexity index is 864. The molecule has 1 amide bonds. The summed E-state index contributed by atoms with van der Waals surface area (Å²) in [5.41, 5.74) is 1.40. The predicted octanol–water partition coefficient (Wildman–Crippen LogP) is 3.01. The third kappa shape index (κ3) is 6.29. The zero-order chi connectivity index (χ0) is 19.2. The van der Waals surface area contributed by atoms with Crippen molar-refractivity contribution in [1.82, 2.24) is 0 Å². The maximum atomic E-state index is 12.6. The molecular weight excluding hydrogens is 374 g/mol. The standard InChI is InChI=1S/C18H19NO5S2/c1-13(20)25-12-15(11-14-5-3-2-4-6-14)18(21)19-16-7-9-17(10-8-16)26(22,23)24/h2-10,15H,11-12H2,1H3,(H,19,21)(H,22,23,24). The summed E-state index contributed by atoms with van der Waals surface area (Å²) in [6.45, 7) is 1.45. The molecule has 8 heteroatoms. The zero-order valence-electron chi connectivity index (χ0n) is 14.1. The van der Waals surface area contributed by atoms with Crippen LogP contribution in [0.2, 0.25) is 0 Å². The number of hydrogen-bond donors (Lipinski definition) is 2. The smallest absolute Gasteiger partial charge is 0.294 e. The van der Waals surface area contributed by atoms with E-state index < -0.39 is 16.0 Å². The van der Waals surface area contributed by atoms with Crippen molar-refractivity contribution in [2.24, 2.45) is 5.92 Å². The molecule has 2 rings (SSSR count). The van der Waals surface area contributed by atoms with E-state index in [-0.39, 0.29) is 15.9 Å². The zero-order valence-corrected chi connectivity index (χ0v) is 15.7. The highest BCUT2D eigenvalue weighted by molar-refractivity contribution is 8.13. The van der Waals surface area contributed by atoms with Crippen molar-refractivity contribution >= 4 is 38.6 Å². The molecule has 138 valence electrons. The molecule has 2 aromatic carbocycles. The lowest BCUT2D eigenvalue weighted by atomic mass is 10.00. The molecule has 0 aliphatic rings.